The number of methoxy groups -OCH3 is 2. The van der Waals surface area contributed by atoms with Gasteiger partial charge in [-0.15, -0.1) is 0 Å². The first-order chi connectivity index (χ1) is 16.6. The van der Waals surface area contributed by atoms with Crippen LogP contribution in [0.2, 0.25) is 0 Å². The number of alkyl halides is 3. The lowest BCUT2D eigenvalue weighted by molar-refractivity contribution is -0.192. The largest absolute Gasteiger partial charge is 0.497 e. The van der Waals surface area contributed by atoms with Gasteiger partial charge in [-0.3, -0.25) is 0 Å². The fourth-order valence-electron chi connectivity index (χ4n) is 3.11. The van der Waals surface area contributed by atoms with E-state index in [-0.39, 0.29) is 35.4 Å². The van der Waals surface area contributed by atoms with Gasteiger partial charge < -0.3 is 19.9 Å². The van der Waals surface area contributed by atoms with Crippen molar-refractivity contribution in [3.8, 4) is 11.5 Å². The Kier molecular flexibility index (Phi) is 11.9. The molecule has 0 atom stereocenters. The standard InChI is InChI=1S/C18H31N3O6S2.C2HF3O2/c1-15(2)14-21(11-12-28(22,23)20-9-7-19-8-10-20)29(24,25)18-13-16(26-3)5-6-17(18)27-4;3-2(4,5)1(6)7/h5-6,13,15,19H,7-12,14H2,1-4H3;(H,6,7). The van der Waals surface area contributed by atoms with E-state index in [1.54, 1.807) is 6.07 Å². The highest BCUT2D eigenvalue weighted by molar-refractivity contribution is 7.90. The van der Waals surface area contributed by atoms with Crippen LogP contribution in [0, 0.1) is 5.92 Å². The summed E-state index contributed by atoms with van der Waals surface area (Å²) in [7, 11) is -4.71. The first kappa shape index (κ1) is 31.9. The van der Waals surface area contributed by atoms with Gasteiger partial charge in [0.05, 0.1) is 20.0 Å². The van der Waals surface area contributed by atoms with Crippen molar-refractivity contribution < 1.29 is 49.4 Å². The second-order valence-electron chi connectivity index (χ2n) is 8.04. The average molecular weight is 564 g/mol. The molecule has 0 amide bonds. The molecule has 0 unspecified atom stereocenters. The number of halogens is 3. The Morgan fingerprint density at radius 3 is 2.14 bits per heavy atom. The topological polar surface area (TPSA) is 143 Å². The van der Waals surface area contributed by atoms with Gasteiger partial charge in [-0.1, -0.05) is 13.8 Å². The summed E-state index contributed by atoms with van der Waals surface area (Å²) in [5, 5.41) is 10.2. The van der Waals surface area contributed by atoms with Crippen molar-refractivity contribution >= 4 is 26.0 Å². The SMILES string of the molecule is COc1ccc(OC)c(S(=O)(=O)N(CCS(=O)(=O)N2CCNCC2)CC(C)C)c1.O=C(O)C(F)(F)F. The number of nitrogens with one attached hydrogen (secondary N) is 1. The molecule has 1 heterocycles. The van der Waals surface area contributed by atoms with E-state index in [1.165, 1.54) is 35.0 Å². The van der Waals surface area contributed by atoms with Gasteiger partial charge in [0.2, 0.25) is 20.0 Å². The molecule has 0 radical (unpaired) electrons. The number of ether oxygens (including phenoxy) is 2. The first-order valence-corrected chi connectivity index (χ1v) is 13.8. The molecule has 2 N–H and O–H groups in total. The fourth-order valence-corrected chi connectivity index (χ4v) is 6.45. The van der Waals surface area contributed by atoms with Crippen LogP contribution in [0.5, 0.6) is 11.5 Å². The predicted octanol–water partition coefficient (Wildman–Crippen LogP) is 1.22. The molecular formula is C20H32F3N3O8S2. The lowest BCUT2D eigenvalue weighted by atomic mass is 10.2. The van der Waals surface area contributed by atoms with E-state index < -0.39 is 32.2 Å². The van der Waals surface area contributed by atoms with Crippen LogP contribution < -0.4 is 14.8 Å². The Balaban J connectivity index is 0.000000809. The van der Waals surface area contributed by atoms with Crippen molar-refractivity contribution in [3.63, 3.8) is 0 Å². The van der Waals surface area contributed by atoms with E-state index in [0.29, 0.717) is 31.9 Å². The Hall–Kier alpha value is -2.14. The minimum Gasteiger partial charge on any atom is -0.497 e. The van der Waals surface area contributed by atoms with Crippen molar-refractivity contribution in [2.24, 2.45) is 5.92 Å². The molecule has 0 aromatic heterocycles. The van der Waals surface area contributed by atoms with Crippen molar-refractivity contribution in [2.75, 3.05) is 59.2 Å². The zero-order valence-corrected chi connectivity index (χ0v) is 22.0. The number of benzene rings is 1. The molecule has 0 spiro atoms. The molecule has 0 aliphatic carbocycles. The van der Waals surface area contributed by atoms with E-state index in [1.807, 2.05) is 13.8 Å². The number of sulfonamides is 2. The Labute approximate surface area is 209 Å². The molecule has 0 saturated carbocycles. The van der Waals surface area contributed by atoms with Gasteiger partial charge in [0.1, 0.15) is 16.4 Å². The fraction of sp³-hybridized carbons (Fsp3) is 0.650. The number of carbonyl (C=O) groups is 1. The highest BCUT2D eigenvalue weighted by Crippen LogP contribution is 2.31. The molecule has 208 valence electrons. The average Bonchev–Trinajstić information content (AvgIpc) is 2.81. The Morgan fingerprint density at radius 1 is 1.14 bits per heavy atom. The minimum atomic E-state index is -5.08. The Bertz CT molecular complexity index is 1070. The number of nitrogens with zero attached hydrogens (tertiary/aromatic N) is 2. The lowest BCUT2D eigenvalue weighted by Crippen LogP contribution is -2.48. The van der Waals surface area contributed by atoms with Gasteiger partial charge in [-0.2, -0.15) is 21.8 Å². The van der Waals surface area contributed by atoms with Gasteiger partial charge in [0.25, 0.3) is 0 Å². The van der Waals surface area contributed by atoms with Gasteiger partial charge in [-0.05, 0) is 18.1 Å². The predicted molar refractivity (Wildman–Crippen MR) is 125 cm³/mol. The second kappa shape index (κ2) is 13.4. The van der Waals surface area contributed by atoms with Crippen LogP contribution in [0.15, 0.2) is 23.1 Å². The number of piperazine rings is 1. The molecule has 1 aliphatic rings. The maximum Gasteiger partial charge on any atom is 0.490 e. The van der Waals surface area contributed by atoms with Gasteiger partial charge in [0.15, 0.2) is 0 Å². The lowest BCUT2D eigenvalue weighted by Gasteiger charge is -2.29. The summed E-state index contributed by atoms with van der Waals surface area (Å²) in [5.74, 6) is -2.45. The zero-order chi connectivity index (χ0) is 27.7. The summed E-state index contributed by atoms with van der Waals surface area (Å²) >= 11 is 0. The summed E-state index contributed by atoms with van der Waals surface area (Å²) < 4.78 is 96.9. The number of carboxylic acids is 1. The summed E-state index contributed by atoms with van der Waals surface area (Å²) in [4.78, 5) is 8.85. The van der Waals surface area contributed by atoms with E-state index in [9.17, 15) is 30.0 Å². The molecule has 1 aromatic rings. The molecular weight excluding hydrogens is 531 g/mol. The van der Waals surface area contributed by atoms with E-state index in [2.05, 4.69) is 5.32 Å². The van der Waals surface area contributed by atoms with Crippen LogP contribution in [0.25, 0.3) is 0 Å². The normalized spacial score (nSPS) is 15.4. The molecule has 2 rings (SSSR count). The van der Waals surface area contributed by atoms with Crippen LogP contribution in [0.3, 0.4) is 0 Å². The van der Waals surface area contributed by atoms with Crippen molar-refractivity contribution in [1.29, 1.82) is 0 Å². The molecule has 1 aliphatic heterocycles. The van der Waals surface area contributed by atoms with E-state index in [0.717, 1.165) is 0 Å². The highest BCUT2D eigenvalue weighted by atomic mass is 32.2. The van der Waals surface area contributed by atoms with E-state index >= 15 is 0 Å². The molecule has 1 fully saturated rings. The van der Waals surface area contributed by atoms with Crippen molar-refractivity contribution in [3.05, 3.63) is 18.2 Å². The smallest absolute Gasteiger partial charge is 0.490 e. The van der Waals surface area contributed by atoms with Crippen LogP contribution in [-0.4, -0.2) is 102 Å². The monoisotopic (exact) mass is 563 g/mol. The molecule has 1 saturated heterocycles. The van der Waals surface area contributed by atoms with Crippen LogP contribution >= 0.6 is 0 Å². The number of aliphatic carboxylic acids is 1. The van der Waals surface area contributed by atoms with Gasteiger partial charge >= 0.3 is 12.1 Å². The Morgan fingerprint density at radius 2 is 1.69 bits per heavy atom. The van der Waals surface area contributed by atoms with Gasteiger partial charge in [-0.25, -0.2) is 21.6 Å². The third-order valence-corrected chi connectivity index (χ3v) is 8.60. The van der Waals surface area contributed by atoms with E-state index in [4.69, 9.17) is 19.4 Å². The quantitative estimate of drug-likeness (QED) is 0.430. The third-order valence-electron chi connectivity index (χ3n) is 4.87. The third kappa shape index (κ3) is 9.38. The number of hydrogen-bond donors (Lipinski definition) is 2. The molecule has 0 bridgehead atoms. The van der Waals surface area contributed by atoms with Crippen molar-refractivity contribution in [1.82, 2.24) is 13.9 Å². The molecule has 36 heavy (non-hydrogen) atoms. The zero-order valence-electron chi connectivity index (χ0n) is 20.4. The number of hydrogen-bond acceptors (Lipinski definition) is 8. The van der Waals surface area contributed by atoms with Gasteiger partial charge in [0, 0.05) is 45.3 Å². The summed E-state index contributed by atoms with van der Waals surface area (Å²) in [6.07, 6.45) is -5.08. The molecule has 16 heteroatoms. The summed E-state index contributed by atoms with van der Waals surface area (Å²) in [6.45, 7) is 5.80. The number of rotatable bonds is 10. The van der Waals surface area contributed by atoms with Crippen LogP contribution in [-0.2, 0) is 24.8 Å². The van der Waals surface area contributed by atoms with Crippen LogP contribution in [0.1, 0.15) is 13.8 Å². The second-order valence-corrected chi connectivity index (χ2v) is 12.0. The number of carboxylic acid groups (broad SMARTS) is 1. The minimum absolute atomic E-state index is 0.0169. The van der Waals surface area contributed by atoms with Crippen LogP contribution in [0.4, 0.5) is 13.2 Å². The first-order valence-electron chi connectivity index (χ1n) is 10.8. The summed E-state index contributed by atoms with van der Waals surface area (Å²) in [6, 6.07) is 4.53. The summed E-state index contributed by atoms with van der Waals surface area (Å²) in [5.41, 5.74) is 0. The maximum absolute atomic E-state index is 13.4. The highest BCUT2D eigenvalue weighted by Gasteiger charge is 2.38. The maximum atomic E-state index is 13.4. The molecule has 11 nitrogen and oxygen atoms in total. The van der Waals surface area contributed by atoms with Crippen molar-refractivity contribution in [2.45, 2.75) is 24.9 Å². The molecule has 1 aromatic carbocycles.